The van der Waals surface area contributed by atoms with Crippen molar-refractivity contribution in [3.8, 4) is 0 Å². The summed E-state index contributed by atoms with van der Waals surface area (Å²) in [5, 5.41) is 1.18. The molecule has 0 amide bonds. The van der Waals surface area contributed by atoms with Gasteiger partial charge in [-0.05, 0) is 24.1 Å². The van der Waals surface area contributed by atoms with Crippen LogP contribution in [0.2, 0.25) is 0 Å². The van der Waals surface area contributed by atoms with Gasteiger partial charge in [0.15, 0.2) is 0 Å². The van der Waals surface area contributed by atoms with Gasteiger partial charge in [0.2, 0.25) is 0 Å². The van der Waals surface area contributed by atoms with Crippen molar-refractivity contribution >= 4 is 22.2 Å². The second kappa shape index (κ2) is 5.44. The number of nitrogens with one attached hydrogen (secondary N) is 1. The third-order valence-corrected chi connectivity index (χ3v) is 4.05. The summed E-state index contributed by atoms with van der Waals surface area (Å²) in [4.78, 5) is 9.62. The molecule has 0 radical (unpaired) electrons. The molecule has 96 valence electrons. The van der Waals surface area contributed by atoms with Crippen molar-refractivity contribution in [2.24, 2.45) is 5.84 Å². The Morgan fingerprint density at radius 1 is 1.26 bits per heavy atom. The summed E-state index contributed by atoms with van der Waals surface area (Å²) in [6, 6.07) is 10.3. The van der Waals surface area contributed by atoms with E-state index in [4.69, 9.17) is 5.84 Å². The standard InChI is InChI=1S/C14H14N4S/c15-18-13(14-8-16-9-19-14)7-10-5-6-17-12-4-2-1-3-11(10)12/h1-6,8-9,13,18H,7,15H2. The zero-order valence-electron chi connectivity index (χ0n) is 10.3. The van der Waals surface area contributed by atoms with Crippen LogP contribution in [0, 0.1) is 0 Å². The number of thiazole rings is 1. The molecule has 3 N–H and O–H groups in total. The second-order valence-electron chi connectivity index (χ2n) is 4.31. The average molecular weight is 270 g/mol. The van der Waals surface area contributed by atoms with Gasteiger partial charge in [0.05, 0.1) is 17.1 Å². The third-order valence-electron chi connectivity index (χ3n) is 3.16. The third kappa shape index (κ3) is 2.49. The first-order chi connectivity index (χ1) is 9.38. The van der Waals surface area contributed by atoms with Crippen LogP contribution in [0.5, 0.6) is 0 Å². The van der Waals surface area contributed by atoms with Crippen molar-refractivity contribution in [1.82, 2.24) is 15.4 Å². The number of hydrogen-bond acceptors (Lipinski definition) is 5. The molecular weight excluding hydrogens is 256 g/mol. The molecule has 1 atom stereocenters. The fraction of sp³-hybridized carbons (Fsp3) is 0.143. The van der Waals surface area contributed by atoms with Crippen molar-refractivity contribution in [2.75, 3.05) is 0 Å². The predicted molar refractivity (Wildman–Crippen MR) is 77.6 cm³/mol. The molecule has 5 heteroatoms. The molecule has 1 unspecified atom stereocenters. The van der Waals surface area contributed by atoms with Gasteiger partial charge in [0.1, 0.15) is 0 Å². The highest BCUT2D eigenvalue weighted by molar-refractivity contribution is 7.09. The van der Waals surface area contributed by atoms with Gasteiger partial charge in [-0.1, -0.05) is 18.2 Å². The Labute approximate surface area is 115 Å². The van der Waals surface area contributed by atoms with Gasteiger partial charge in [-0.25, -0.2) is 0 Å². The first kappa shape index (κ1) is 12.2. The minimum Gasteiger partial charge on any atom is -0.271 e. The van der Waals surface area contributed by atoms with Gasteiger partial charge in [-0.3, -0.25) is 21.2 Å². The Bertz CT molecular complexity index is 661. The molecule has 0 saturated carbocycles. The van der Waals surface area contributed by atoms with E-state index in [1.807, 2.05) is 42.2 Å². The van der Waals surface area contributed by atoms with Crippen LogP contribution in [-0.2, 0) is 6.42 Å². The van der Waals surface area contributed by atoms with Crippen LogP contribution < -0.4 is 11.3 Å². The summed E-state index contributed by atoms with van der Waals surface area (Å²) >= 11 is 1.61. The van der Waals surface area contributed by atoms with Gasteiger partial charge < -0.3 is 0 Å². The zero-order valence-corrected chi connectivity index (χ0v) is 11.1. The lowest BCUT2D eigenvalue weighted by Gasteiger charge is -2.15. The van der Waals surface area contributed by atoms with Gasteiger partial charge in [0.25, 0.3) is 0 Å². The Hall–Kier alpha value is -1.82. The molecule has 0 bridgehead atoms. The molecule has 0 aliphatic carbocycles. The van der Waals surface area contributed by atoms with Crippen LogP contribution in [0.4, 0.5) is 0 Å². The molecule has 3 aromatic rings. The molecule has 19 heavy (non-hydrogen) atoms. The molecule has 1 aromatic carbocycles. The van der Waals surface area contributed by atoms with Crippen molar-refractivity contribution in [3.63, 3.8) is 0 Å². The molecule has 3 rings (SSSR count). The number of nitrogens with zero attached hydrogens (tertiary/aromatic N) is 2. The topological polar surface area (TPSA) is 63.8 Å². The highest BCUT2D eigenvalue weighted by atomic mass is 32.1. The summed E-state index contributed by atoms with van der Waals surface area (Å²) < 4.78 is 0. The average Bonchev–Trinajstić information content (AvgIpc) is 2.99. The molecule has 0 fully saturated rings. The highest BCUT2D eigenvalue weighted by Crippen LogP contribution is 2.24. The van der Waals surface area contributed by atoms with E-state index in [1.54, 1.807) is 11.3 Å². The van der Waals surface area contributed by atoms with E-state index in [-0.39, 0.29) is 6.04 Å². The minimum atomic E-state index is 0.0818. The number of pyridine rings is 1. The lowest BCUT2D eigenvalue weighted by molar-refractivity contribution is 0.561. The van der Waals surface area contributed by atoms with Crippen LogP contribution in [0.25, 0.3) is 10.9 Å². The number of fused-ring (bicyclic) bond motifs is 1. The SMILES string of the molecule is NNC(Cc1ccnc2ccccc12)c1cncs1. The van der Waals surface area contributed by atoms with Crippen LogP contribution in [0.15, 0.2) is 48.2 Å². The van der Waals surface area contributed by atoms with Crippen molar-refractivity contribution < 1.29 is 0 Å². The van der Waals surface area contributed by atoms with Gasteiger partial charge in [-0.2, -0.15) is 0 Å². The van der Waals surface area contributed by atoms with Crippen molar-refractivity contribution in [3.05, 3.63) is 58.7 Å². The summed E-state index contributed by atoms with van der Waals surface area (Å²) in [5.74, 6) is 5.67. The Kier molecular flexibility index (Phi) is 3.50. The van der Waals surface area contributed by atoms with E-state index in [1.165, 1.54) is 10.9 Å². The molecule has 0 saturated heterocycles. The van der Waals surface area contributed by atoms with E-state index >= 15 is 0 Å². The number of hydrogen-bond donors (Lipinski definition) is 2. The fourth-order valence-electron chi connectivity index (χ4n) is 2.19. The largest absolute Gasteiger partial charge is 0.271 e. The summed E-state index contributed by atoms with van der Waals surface area (Å²) in [5.41, 5.74) is 6.94. The van der Waals surface area contributed by atoms with E-state index in [0.29, 0.717) is 0 Å². The van der Waals surface area contributed by atoms with E-state index < -0.39 is 0 Å². The summed E-state index contributed by atoms with van der Waals surface area (Å²) in [6.45, 7) is 0. The molecule has 0 spiro atoms. The number of para-hydroxylation sites is 1. The molecule has 4 nitrogen and oxygen atoms in total. The first-order valence-corrected chi connectivity index (χ1v) is 6.93. The molecule has 0 aliphatic heterocycles. The molecule has 2 aromatic heterocycles. The minimum absolute atomic E-state index is 0.0818. The maximum atomic E-state index is 5.67. The second-order valence-corrected chi connectivity index (χ2v) is 5.23. The molecule has 0 aliphatic rings. The smallest absolute Gasteiger partial charge is 0.0794 e. The fourth-order valence-corrected chi connectivity index (χ4v) is 2.87. The normalized spacial score (nSPS) is 12.7. The first-order valence-electron chi connectivity index (χ1n) is 6.05. The van der Waals surface area contributed by atoms with Gasteiger partial charge in [0, 0.05) is 22.7 Å². The number of aromatic nitrogens is 2. The van der Waals surface area contributed by atoms with Crippen LogP contribution in [-0.4, -0.2) is 9.97 Å². The monoisotopic (exact) mass is 270 g/mol. The van der Waals surface area contributed by atoms with Crippen LogP contribution >= 0.6 is 11.3 Å². The van der Waals surface area contributed by atoms with Crippen LogP contribution in [0.3, 0.4) is 0 Å². The zero-order chi connectivity index (χ0) is 13.1. The van der Waals surface area contributed by atoms with Crippen LogP contribution in [0.1, 0.15) is 16.5 Å². The number of benzene rings is 1. The Morgan fingerprint density at radius 2 is 2.16 bits per heavy atom. The lowest BCUT2D eigenvalue weighted by Crippen LogP contribution is -2.29. The van der Waals surface area contributed by atoms with Gasteiger partial charge >= 0.3 is 0 Å². The number of hydrazine groups is 1. The quantitative estimate of drug-likeness (QED) is 0.564. The molecule has 2 heterocycles. The highest BCUT2D eigenvalue weighted by Gasteiger charge is 2.13. The number of rotatable bonds is 4. The van der Waals surface area contributed by atoms with E-state index in [0.717, 1.165) is 16.8 Å². The number of nitrogens with two attached hydrogens (primary N) is 1. The Morgan fingerprint density at radius 3 is 2.95 bits per heavy atom. The van der Waals surface area contributed by atoms with Gasteiger partial charge in [-0.15, -0.1) is 11.3 Å². The molecular formula is C14H14N4S. The van der Waals surface area contributed by atoms with E-state index in [2.05, 4.69) is 21.5 Å². The summed E-state index contributed by atoms with van der Waals surface area (Å²) in [7, 11) is 0. The maximum Gasteiger partial charge on any atom is 0.0794 e. The Balaban J connectivity index is 1.96. The van der Waals surface area contributed by atoms with E-state index in [9.17, 15) is 0 Å². The summed E-state index contributed by atoms with van der Waals surface area (Å²) in [6.07, 6.45) is 4.53. The maximum absolute atomic E-state index is 5.67. The predicted octanol–water partition coefficient (Wildman–Crippen LogP) is 2.44. The van der Waals surface area contributed by atoms with Crippen molar-refractivity contribution in [1.29, 1.82) is 0 Å². The van der Waals surface area contributed by atoms with Crippen molar-refractivity contribution in [2.45, 2.75) is 12.5 Å². The lowest BCUT2D eigenvalue weighted by atomic mass is 10.0.